The van der Waals surface area contributed by atoms with E-state index in [1.807, 2.05) is 0 Å². The molecule has 0 atom stereocenters. The molecule has 0 bridgehead atoms. The van der Waals surface area contributed by atoms with Gasteiger partial charge in [-0.1, -0.05) is 11.6 Å². The molecule has 1 saturated carbocycles. The second kappa shape index (κ2) is 9.65. The van der Waals surface area contributed by atoms with Gasteiger partial charge < -0.3 is 19.3 Å². The first kappa shape index (κ1) is 21.6. The van der Waals surface area contributed by atoms with Crippen LogP contribution in [-0.2, 0) is 21.4 Å². The number of fused-ring (bicyclic) bond motifs is 1. The number of hydrogen-bond donors (Lipinski definition) is 2. The minimum absolute atomic E-state index is 0.0944. The number of sulfonamides is 1. The van der Waals surface area contributed by atoms with E-state index in [0.29, 0.717) is 62.3 Å². The molecule has 1 aromatic heterocycles. The van der Waals surface area contributed by atoms with Crippen LogP contribution in [0.1, 0.15) is 56.2 Å². The number of benzene rings is 1. The van der Waals surface area contributed by atoms with Crippen molar-refractivity contribution in [1.29, 1.82) is 0 Å². The first-order valence-corrected chi connectivity index (χ1v) is 12.0. The van der Waals surface area contributed by atoms with Gasteiger partial charge in [0.05, 0.1) is 11.4 Å². The fourth-order valence-corrected chi connectivity index (χ4v) is 4.27. The molecule has 0 radical (unpaired) electrons. The van der Waals surface area contributed by atoms with Crippen LogP contribution >= 0.6 is 0 Å². The van der Waals surface area contributed by atoms with Gasteiger partial charge in [-0.3, -0.25) is 4.79 Å². The molecule has 1 fully saturated rings. The van der Waals surface area contributed by atoms with Crippen LogP contribution in [0.5, 0.6) is 11.5 Å². The number of rotatable bonds is 11. The summed E-state index contributed by atoms with van der Waals surface area (Å²) in [5, 5.41) is 6.67. The van der Waals surface area contributed by atoms with E-state index in [1.54, 1.807) is 6.07 Å². The van der Waals surface area contributed by atoms with Gasteiger partial charge >= 0.3 is 0 Å². The summed E-state index contributed by atoms with van der Waals surface area (Å²) in [7, 11) is -3.62. The minimum atomic E-state index is -3.62. The second-order valence-electron chi connectivity index (χ2n) is 7.61. The number of hydrogen-bond acceptors (Lipinski definition) is 8. The topological polar surface area (TPSA) is 133 Å². The number of amides is 1. The number of nitrogens with one attached hydrogen (secondary N) is 2. The average molecular weight is 451 g/mol. The normalized spacial score (nSPS) is 15.6. The molecule has 168 valence electrons. The first-order valence-electron chi connectivity index (χ1n) is 10.5. The minimum Gasteiger partial charge on any atom is -0.486 e. The Hall–Kier alpha value is -2.66. The third-order valence-corrected chi connectivity index (χ3v) is 6.52. The van der Waals surface area contributed by atoms with E-state index in [9.17, 15) is 13.2 Å². The van der Waals surface area contributed by atoms with Crippen molar-refractivity contribution in [3.8, 4) is 11.5 Å². The predicted molar refractivity (Wildman–Crippen MR) is 109 cm³/mol. The molecule has 0 saturated heterocycles. The lowest BCUT2D eigenvalue weighted by molar-refractivity contribution is -0.121. The predicted octanol–water partition coefficient (Wildman–Crippen LogP) is 1.87. The van der Waals surface area contributed by atoms with Crippen molar-refractivity contribution in [1.82, 2.24) is 20.2 Å². The molecule has 11 heteroatoms. The van der Waals surface area contributed by atoms with Gasteiger partial charge in [0, 0.05) is 24.9 Å². The molecule has 10 nitrogen and oxygen atoms in total. The highest BCUT2D eigenvalue weighted by Crippen LogP contribution is 2.38. The molecule has 1 aromatic carbocycles. The van der Waals surface area contributed by atoms with E-state index < -0.39 is 10.0 Å². The smallest absolute Gasteiger partial charge is 0.246 e. The molecule has 1 aliphatic carbocycles. The summed E-state index contributed by atoms with van der Waals surface area (Å²) in [6, 6.07) is 4.57. The lowest BCUT2D eigenvalue weighted by Crippen LogP contribution is -2.25. The fourth-order valence-electron chi connectivity index (χ4n) is 3.18. The van der Waals surface area contributed by atoms with Crippen molar-refractivity contribution in [2.75, 3.05) is 19.8 Å². The highest BCUT2D eigenvalue weighted by molar-refractivity contribution is 7.89. The van der Waals surface area contributed by atoms with Gasteiger partial charge in [0.2, 0.25) is 21.8 Å². The van der Waals surface area contributed by atoms with Crippen molar-refractivity contribution >= 4 is 15.9 Å². The first-order chi connectivity index (χ1) is 15.0. The average Bonchev–Trinajstić information content (AvgIpc) is 3.52. The highest BCUT2D eigenvalue weighted by atomic mass is 32.2. The third-order valence-electron chi connectivity index (χ3n) is 5.06. The zero-order chi connectivity index (χ0) is 21.7. The number of ether oxygens (including phenoxy) is 2. The van der Waals surface area contributed by atoms with Crippen LogP contribution in [0.15, 0.2) is 27.6 Å². The number of aromatic nitrogens is 2. The molecule has 2 heterocycles. The van der Waals surface area contributed by atoms with Gasteiger partial charge in [-0.2, -0.15) is 4.98 Å². The Morgan fingerprint density at radius 3 is 2.71 bits per heavy atom. The largest absolute Gasteiger partial charge is 0.486 e. The van der Waals surface area contributed by atoms with Gasteiger partial charge in [0.25, 0.3) is 0 Å². The maximum atomic E-state index is 12.4. The summed E-state index contributed by atoms with van der Waals surface area (Å²) in [6.07, 6.45) is 4.57. The highest BCUT2D eigenvalue weighted by Gasteiger charge is 2.28. The summed E-state index contributed by atoms with van der Waals surface area (Å²) in [5.74, 6) is 2.45. The Morgan fingerprint density at radius 1 is 1.10 bits per heavy atom. The van der Waals surface area contributed by atoms with E-state index >= 15 is 0 Å². The zero-order valence-electron chi connectivity index (χ0n) is 17.1. The molecule has 2 aromatic rings. The fraction of sp³-hybridized carbons (Fsp3) is 0.550. The van der Waals surface area contributed by atoms with Crippen LogP contribution in [0.2, 0.25) is 0 Å². The Labute approximate surface area is 180 Å². The Kier molecular flexibility index (Phi) is 6.71. The van der Waals surface area contributed by atoms with Crippen LogP contribution in [0.3, 0.4) is 0 Å². The maximum absolute atomic E-state index is 12.4. The molecule has 31 heavy (non-hydrogen) atoms. The van der Waals surface area contributed by atoms with Gasteiger partial charge in [0.15, 0.2) is 17.3 Å². The molecule has 2 aliphatic rings. The van der Waals surface area contributed by atoms with E-state index in [0.717, 1.165) is 25.1 Å². The van der Waals surface area contributed by atoms with Crippen molar-refractivity contribution in [3.05, 3.63) is 29.9 Å². The number of carbonyl (C=O) groups is 1. The summed E-state index contributed by atoms with van der Waals surface area (Å²) in [5.41, 5.74) is 0. The molecule has 2 N–H and O–H groups in total. The van der Waals surface area contributed by atoms with Crippen LogP contribution in [0.25, 0.3) is 0 Å². The molecular formula is C20H26N4O6S. The Bertz CT molecular complexity index is 1020. The van der Waals surface area contributed by atoms with Crippen LogP contribution in [0, 0.1) is 0 Å². The standard InChI is InChI=1S/C20H26N4O6S/c25-18(21-13-19-23-20(24-30-19)14-5-6-14)4-2-1-3-9-22-31(26,27)15-7-8-16-17(12-15)29-11-10-28-16/h7-8,12,14,22H,1-6,9-11,13H2,(H,21,25). The van der Waals surface area contributed by atoms with Crippen LogP contribution < -0.4 is 19.5 Å². The molecular weight excluding hydrogens is 424 g/mol. The van der Waals surface area contributed by atoms with Crippen molar-refractivity contribution in [2.24, 2.45) is 0 Å². The second-order valence-corrected chi connectivity index (χ2v) is 9.38. The molecule has 4 rings (SSSR count). The van der Waals surface area contributed by atoms with E-state index in [-0.39, 0.29) is 17.3 Å². The van der Waals surface area contributed by atoms with Crippen molar-refractivity contribution in [2.45, 2.75) is 55.9 Å². The van der Waals surface area contributed by atoms with Gasteiger partial charge in [0.1, 0.15) is 13.2 Å². The SMILES string of the molecule is O=C(CCCCCNS(=O)(=O)c1ccc2c(c1)OCCO2)NCc1nc(C2CC2)no1. The zero-order valence-corrected chi connectivity index (χ0v) is 17.9. The van der Waals surface area contributed by atoms with E-state index in [2.05, 4.69) is 20.2 Å². The molecule has 0 spiro atoms. The van der Waals surface area contributed by atoms with E-state index in [4.69, 9.17) is 14.0 Å². The maximum Gasteiger partial charge on any atom is 0.246 e. The number of nitrogens with zero attached hydrogens (tertiary/aromatic N) is 2. The number of unbranched alkanes of at least 4 members (excludes halogenated alkanes) is 2. The summed E-state index contributed by atoms with van der Waals surface area (Å²) >= 11 is 0. The van der Waals surface area contributed by atoms with E-state index in [1.165, 1.54) is 12.1 Å². The molecule has 1 amide bonds. The number of carbonyl (C=O) groups excluding carboxylic acids is 1. The quantitative estimate of drug-likeness (QED) is 0.496. The lowest BCUT2D eigenvalue weighted by atomic mass is 10.2. The van der Waals surface area contributed by atoms with Crippen LogP contribution in [-0.4, -0.2) is 44.2 Å². The third kappa shape index (κ3) is 5.95. The van der Waals surface area contributed by atoms with Crippen LogP contribution in [0.4, 0.5) is 0 Å². The van der Waals surface area contributed by atoms with Crippen molar-refractivity contribution < 1.29 is 27.2 Å². The van der Waals surface area contributed by atoms with Crippen molar-refractivity contribution in [3.63, 3.8) is 0 Å². The summed E-state index contributed by atoms with van der Waals surface area (Å²) in [6.45, 7) is 1.37. The monoisotopic (exact) mass is 450 g/mol. The van der Waals surface area contributed by atoms with Gasteiger partial charge in [-0.25, -0.2) is 13.1 Å². The van der Waals surface area contributed by atoms with Gasteiger partial charge in [-0.05, 0) is 37.8 Å². The summed E-state index contributed by atoms with van der Waals surface area (Å²) < 4.78 is 43.4. The Balaban J connectivity index is 1.11. The van der Waals surface area contributed by atoms with Gasteiger partial charge in [-0.15, -0.1) is 0 Å². The summed E-state index contributed by atoms with van der Waals surface area (Å²) in [4.78, 5) is 16.3. The Morgan fingerprint density at radius 2 is 1.90 bits per heavy atom. The molecule has 1 aliphatic heterocycles. The lowest BCUT2D eigenvalue weighted by Gasteiger charge is -2.18. The molecule has 0 unspecified atom stereocenters.